The van der Waals surface area contributed by atoms with Crippen LogP contribution in [0.1, 0.15) is 19.4 Å². The van der Waals surface area contributed by atoms with E-state index in [-0.39, 0.29) is 12.1 Å². The zero-order chi connectivity index (χ0) is 8.32. The SMILES string of the molecule is CC(C)(CF)c1c[c]ccc1. The van der Waals surface area contributed by atoms with Gasteiger partial charge in [0, 0.05) is 5.41 Å². The molecule has 0 spiro atoms. The Morgan fingerprint density at radius 1 is 1.55 bits per heavy atom. The number of halogens is 1. The first-order valence-corrected chi connectivity index (χ1v) is 3.69. The van der Waals surface area contributed by atoms with Gasteiger partial charge in [0.15, 0.2) is 0 Å². The van der Waals surface area contributed by atoms with Gasteiger partial charge in [-0.05, 0) is 11.6 Å². The van der Waals surface area contributed by atoms with Gasteiger partial charge in [0.1, 0.15) is 0 Å². The largest absolute Gasteiger partial charge is 0.250 e. The first-order valence-electron chi connectivity index (χ1n) is 3.69. The number of hydrogen-bond acceptors (Lipinski definition) is 0. The number of rotatable bonds is 2. The molecule has 1 aromatic carbocycles. The van der Waals surface area contributed by atoms with Crippen LogP contribution in [0, 0.1) is 6.07 Å². The molecule has 0 fully saturated rings. The summed E-state index contributed by atoms with van der Waals surface area (Å²) in [5, 5.41) is 0. The molecule has 1 aromatic rings. The molecule has 0 N–H and O–H groups in total. The summed E-state index contributed by atoms with van der Waals surface area (Å²) in [6, 6.07) is 10.4. The number of alkyl halides is 1. The van der Waals surface area contributed by atoms with Crippen molar-refractivity contribution in [3.05, 3.63) is 35.9 Å². The van der Waals surface area contributed by atoms with Crippen LogP contribution in [0.5, 0.6) is 0 Å². The Morgan fingerprint density at radius 3 is 2.73 bits per heavy atom. The first-order chi connectivity index (χ1) is 5.17. The Labute approximate surface area is 67.1 Å². The Hall–Kier alpha value is -0.850. The smallest absolute Gasteiger partial charge is 0.0985 e. The quantitative estimate of drug-likeness (QED) is 0.609. The van der Waals surface area contributed by atoms with Crippen molar-refractivity contribution in [3.63, 3.8) is 0 Å². The molecule has 0 saturated carbocycles. The maximum Gasteiger partial charge on any atom is 0.0985 e. The summed E-state index contributed by atoms with van der Waals surface area (Å²) in [7, 11) is 0. The van der Waals surface area contributed by atoms with Gasteiger partial charge < -0.3 is 0 Å². The maximum atomic E-state index is 12.4. The van der Waals surface area contributed by atoms with Crippen LogP contribution in [0.3, 0.4) is 0 Å². The Kier molecular flexibility index (Phi) is 2.28. The summed E-state index contributed by atoms with van der Waals surface area (Å²) >= 11 is 0. The summed E-state index contributed by atoms with van der Waals surface area (Å²) in [4.78, 5) is 0. The van der Waals surface area contributed by atoms with Gasteiger partial charge in [-0.1, -0.05) is 38.1 Å². The molecule has 0 aliphatic heterocycles. The Morgan fingerprint density at radius 2 is 2.27 bits per heavy atom. The maximum absolute atomic E-state index is 12.4. The molecule has 0 heterocycles. The van der Waals surface area contributed by atoms with E-state index in [0.29, 0.717) is 0 Å². The second-order valence-corrected chi connectivity index (χ2v) is 3.31. The molecule has 0 aliphatic rings. The molecule has 1 radical (unpaired) electrons. The van der Waals surface area contributed by atoms with Gasteiger partial charge in [0.25, 0.3) is 0 Å². The van der Waals surface area contributed by atoms with Crippen molar-refractivity contribution in [1.29, 1.82) is 0 Å². The van der Waals surface area contributed by atoms with Crippen molar-refractivity contribution < 1.29 is 4.39 Å². The van der Waals surface area contributed by atoms with Crippen LogP contribution in [0.2, 0.25) is 0 Å². The zero-order valence-corrected chi connectivity index (χ0v) is 6.89. The monoisotopic (exact) mass is 151 g/mol. The van der Waals surface area contributed by atoms with Crippen LogP contribution in [0.4, 0.5) is 4.39 Å². The highest BCUT2D eigenvalue weighted by Crippen LogP contribution is 2.22. The minimum Gasteiger partial charge on any atom is -0.250 e. The first kappa shape index (κ1) is 8.25. The Bertz CT molecular complexity index is 214. The van der Waals surface area contributed by atoms with Crippen molar-refractivity contribution in [2.45, 2.75) is 19.3 Å². The van der Waals surface area contributed by atoms with Crippen LogP contribution >= 0.6 is 0 Å². The molecule has 0 atom stereocenters. The lowest BCUT2D eigenvalue weighted by atomic mass is 9.86. The van der Waals surface area contributed by atoms with E-state index in [4.69, 9.17) is 0 Å². The van der Waals surface area contributed by atoms with Crippen molar-refractivity contribution in [2.75, 3.05) is 6.67 Å². The molecule has 0 amide bonds. The summed E-state index contributed by atoms with van der Waals surface area (Å²) in [6.45, 7) is 3.44. The third-order valence-corrected chi connectivity index (χ3v) is 1.82. The van der Waals surface area contributed by atoms with Crippen molar-refractivity contribution in [1.82, 2.24) is 0 Å². The van der Waals surface area contributed by atoms with Gasteiger partial charge >= 0.3 is 0 Å². The van der Waals surface area contributed by atoms with Gasteiger partial charge in [0.2, 0.25) is 0 Å². The molecule has 1 heteroatoms. The van der Waals surface area contributed by atoms with Crippen LogP contribution < -0.4 is 0 Å². The van der Waals surface area contributed by atoms with Gasteiger partial charge in [-0.3, -0.25) is 4.39 Å². The van der Waals surface area contributed by atoms with Gasteiger partial charge in [-0.15, -0.1) is 0 Å². The summed E-state index contributed by atoms with van der Waals surface area (Å²) in [5.41, 5.74) is 0.639. The Balaban J connectivity index is 2.93. The van der Waals surface area contributed by atoms with E-state index in [1.165, 1.54) is 0 Å². The lowest BCUT2D eigenvalue weighted by Gasteiger charge is -2.20. The molecule has 11 heavy (non-hydrogen) atoms. The second kappa shape index (κ2) is 3.04. The van der Waals surface area contributed by atoms with E-state index in [2.05, 4.69) is 6.07 Å². The van der Waals surface area contributed by atoms with E-state index in [1.54, 1.807) is 0 Å². The summed E-state index contributed by atoms with van der Waals surface area (Å²) < 4.78 is 12.4. The molecule has 0 unspecified atom stereocenters. The van der Waals surface area contributed by atoms with E-state index < -0.39 is 0 Å². The fourth-order valence-electron chi connectivity index (χ4n) is 0.891. The van der Waals surface area contributed by atoms with E-state index in [9.17, 15) is 4.39 Å². The number of hydrogen-bond donors (Lipinski definition) is 0. The molecule has 0 aromatic heterocycles. The highest BCUT2D eigenvalue weighted by molar-refractivity contribution is 5.22. The highest BCUT2D eigenvalue weighted by Gasteiger charge is 2.19. The van der Waals surface area contributed by atoms with Gasteiger partial charge in [-0.2, -0.15) is 0 Å². The second-order valence-electron chi connectivity index (χ2n) is 3.31. The average molecular weight is 151 g/mol. The molecular formula is C10H12F. The molecular weight excluding hydrogens is 139 g/mol. The summed E-state index contributed by atoms with van der Waals surface area (Å²) in [5.74, 6) is 0. The zero-order valence-electron chi connectivity index (χ0n) is 6.89. The van der Waals surface area contributed by atoms with Gasteiger partial charge in [-0.25, -0.2) is 0 Å². The minimum atomic E-state index is -0.363. The van der Waals surface area contributed by atoms with E-state index in [1.807, 2.05) is 38.1 Å². The van der Waals surface area contributed by atoms with Crippen LogP contribution in [-0.4, -0.2) is 6.67 Å². The number of benzene rings is 1. The molecule has 0 aliphatic carbocycles. The van der Waals surface area contributed by atoms with E-state index in [0.717, 1.165) is 5.56 Å². The van der Waals surface area contributed by atoms with Gasteiger partial charge in [0.05, 0.1) is 6.67 Å². The topological polar surface area (TPSA) is 0 Å². The van der Waals surface area contributed by atoms with Crippen LogP contribution in [-0.2, 0) is 5.41 Å². The van der Waals surface area contributed by atoms with Crippen LogP contribution in [0.25, 0.3) is 0 Å². The average Bonchev–Trinajstić information content (AvgIpc) is 2.06. The molecule has 1 rings (SSSR count). The molecule has 0 nitrogen and oxygen atoms in total. The normalized spacial score (nSPS) is 11.5. The predicted octanol–water partition coefficient (Wildman–Crippen LogP) is 2.73. The third kappa shape index (κ3) is 1.79. The molecule has 0 saturated heterocycles. The highest BCUT2D eigenvalue weighted by atomic mass is 19.1. The van der Waals surface area contributed by atoms with E-state index >= 15 is 0 Å². The molecule has 59 valence electrons. The minimum absolute atomic E-state index is 0.329. The van der Waals surface area contributed by atoms with Crippen molar-refractivity contribution in [2.24, 2.45) is 0 Å². The lowest BCUT2D eigenvalue weighted by Crippen LogP contribution is -2.19. The lowest BCUT2D eigenvalue weighted by molar-refractivity contribution is 0.351. The third-order valence-electron chi connectivity index (χ3n) is 1.82. The van der Waals surface area contributed by atoms with Crippen molar-refractivity contribution >= 4 is 0 Å². The van der Waals surface area contributed by atoms with Crippen molar-refractivity contribution in [3.8, 4) is 0 Å². The molecule has 0 bridgehead atoms. The standard InChI is InChI=1S/C10H12F/c1-10(2,8-11)9-6-4-3-5-7-9/h3-4,6-7H,8H2,1-2H3. The fourth-order valence-corrected chi connectivity index (χ4v) is 0.891. The fraction of sp³-hybridized carbons (Fsp3) is 0.400. The predicted molar refractivity (Wildman–Crippen MR) is 44.3 cm³/mol. The van der Waals surface area contributed by atoms with Crippen LogP contribution in [0.15, 0.2) is 24.3 Å². The summed E-state index contributed by atoms with van der Waals surface area (Å²) in [6.07, 6.45) is 0.